The number of benzene rings is 1. The second-order valence-corrected chi connectivity index (χ2v) is 3.81. The third-order valence-corrected chi connectivity index (χ3v) is 2.35. The van der Waals surface area contributed by atoms with E-state index in [1.54, 1.807) is 13.2 Å². The van der Waals surface area contributed by atoms with Crippen LogP contribution in [-0.4, -0.2) is 32.0 Å². The fraction of sp³-hybridized carbons (Fsp3) is 0.417. The van der Waals surface area contributed by atoms with Crippen molar-refractivity contribution >= 4 is 23.1 Å². The Labute approximate surface area is 111 Å². The molecular weight excluding hydrogens is 259 g/mol. The summed E-state index contributed by atoms with van der Waals surface area (Å²) in [5.41, 5.74) is 5.87. The van der Waals surface area contributed by atoms with Crippen LogP contribution in [0.2, 0.25) is 0 Å². The zero-order valence-electron chi connectivity index (χ0n) is 10.2. The van der Waals surface area contributed by atoms with Gasteiger partial charge in [-0.15, -0.1) is 11.6 Å². The van der Waals surface area contributed by atoms with E-state index in [1.165, 1.54) is 12.1 Å². The molecule has 1 aromatic carbocycles. The molecule has 0 atom stereocenters. The highest BCUT2D eigenvalue weighted by Gasteiger charge is 2.04. The smallest absolute Gasteiger partial charge is 0.167 e. The number of methoxy groups -OCH3 is 1. The highest BCUT2D eigenvalue weighted by Crippen LogP contribution is 2.23. The van der Waals surface area contributed by atoms with Crippen molar-refractivity contribution in [3.8, 4) is 5.75 Å². The van der Waals surface area contributed by atoms with E-state index in [0.717, 1.165) is 0 Å². The minimum absolute atomic E-state index is 0.108. The van der Waals surface area contributed by atoms with Crippen LogP contribution < -0.4 is 10.5 Å². The number of rotatable bonds is 7. The molecule has 0 aliphatic rings. The molecule has 0 aliphatic heterocycles. The van der Waals surface area contributed by atoms with Crippen LogP contribution in [-0.2, 0) is 4.74 Å². The van der Waals surface area contributed by atoms with Crippen LogP contribution in [0.25, 0.3) is 0 Å². The number of hydrogen-bond acceptors (Lipinski definition) is 3. The van der Waals surface area contributed by atoms with Gasteiger partial charge in [0.2, 0.25) is 0 Å². The molecule has 0 amide bonds. The molecular formula is C12H16ClFN2O2. The zero-order valence-corrected chi connectivity index (χ0v) is 10.9. The average molecular weight is 275 g/mol. The van der Waals surface area contributed by atoms with E-state index in [1.807, 2.05) is 0 Å². The predicted octanol–water partition coefficient (Wildman–Crippen LogP) is 2.47. The number of nitrogens with two attached hydrogens (primary N) is 1. The topological polar surface area (TPSA) is 56.8 Å². The van der Waals surface area contributed by atoms with Crippen molar-refractivity contribution in [2.75, 3.05) is 26.2 Å². The minimum Gasteiger partial charge on any atom is -0.490 e. The molecule has 1 rings (SSSR count). The Morgan fingerprint density at radius 2 is 2.22 bits per heavy atom. The summed E-state index contributed by atoms with van der Waals surface area (Å²) in [6.45, 7) is 0.980. The van der Waals surface area contributed by atoms with Crippen LogP contribution >= 0.6 is 11.6 Å². The lowest BCUT2D eigenvalue weighted by Crippen LogP contribution is -2.12. The molecule has 0 bridgehead atoms. The van der Waals surface area contributed by atoms with E-state index < -0.39 is 5.82 Å². The first-order chi connectivity index (χ1) is 8.67. The molecule has 18 heavy (non-hydrogen) atoms. The van der Waals surface area contributed by atoms with E-state index in [2.05, 4.69) is 4.99 Å². The van der Waals surface area contributed by atoms with Gasteiger partial charge in [0.15, 0.2) is 11.6 Å². The van der Waals surface area contributed by atoms with E-state index >= 15 is 0 Å². The summed E-state index contributed by atoms with van der Waals surface area (Å²) in [6.07, 6.45) is 0.703. The first-order valence-corrected chi connectivity index (χ1v) is 6.01. The van der Waals surface area contributed by atoms with Crippen molar-refractivity contribution in [2.45, 2.75) is 6.42 Å². The lowest BCUT2D eigenvalue weighted by Gasteiger charge is -2.07. The number of hydrogen-bond donors (Lipinski definition) is 1. The molecule has 1 aromatic rings. The summed E-state index contributed by atoms with van der Waals surface area (Å²) >= 11 is 5.49. The maximum absolute atomic E-state index is 13.6. The fourth-order valence-corrected chi connectivity index (χ4v) is 1.32. The Bertz CT molecular complexity index is 413. The van der Waals surface area contributed by atoms with Crippen molar-refractivity contribution in [2.24, 2.45) is 10.7 Å². The molecule has 0 radical (unpaired) electrons. The second kappa shape index (κ2) is 7.89. The molecule has 4 nitrogen and oxygen atoms in total. The Morgan fingerprint density at radius 1 is 1.44 bits per heavy atom. The number of ether oxygens (including phenoxy) is 2. The summed E-state index contributed by atoms with van der Waals surface area (Å²) in [7, 11) is 1.61. The lowest BCUT2D eigenvalue weighted by atomic mass is 10.3. The van der Waals surface area contributed by atoms with Gasteiger partial charge in [0.1, 0.15) is 5.84 Å². The number of aliphatic imine (C=N–C) groups is 1. The third kappa shape index (κ3) is 4.89. The van der Waals surface area contributed by atoms with Gasteiger partial charge in [0, 0.05) is 26.2 Å². The first-order valence-electron chi connectivity index (χ1n) is 5.47. The van der Waals surface area contributed by atoms with Crippen molar-refractivity contribution in [1.29, 1.82) is 0 Å². The molecule has 0 aromatic heterocycles. The summed E-state index contributed by atoms with van der Waals surface area (Å²) in [4.78, 5) is 3.94. The molecule has 0 unspecified atom stereocenters. The molecule has 6 heteroatoms. The lowest BCUT2D eigenvalue weighted by molar-refractivity contribution is 0.170. The van der Waals surface area contributed by atoms with Crippen molar-refractivity contribution < 1.29 is 13.9 Å². The van der Waals surface area contributed by atoms with E-state index in [-0.39, 0.29) is 17.5 Å². The van der Waals surface area contributed by atoms with Gasteiger partial charge in [0.25, 0.3) is 0 Å². The second-order valence-electron chi connectivity index (χ2n) is 3.55. The van der Waals surface area contributed by atoms with Crippen molar-refractivity contribution in [1.82, 2.24) is 0 Å². The van der Waals surface area contributed by atoms with Crippen molar-refractivity contribution in [3.63, 3.8) is 0 Å². The summed E-state index contributed by atoms with van der Waals surface area (Å²) in [6, 6.07) is 4.39. The quantitative estimate of drug-likeness (QED) is 0.360. The first kappa shape index (κ1) is 14.7. The Morgan fingerprint density at radius 3 is 2.83 bits per heavy atom. The van der Waals surface area contributed by atoms with E-state index in [4.69, 9.17) is 26.8 Å². The molecule has 0 saturated heterocycles. The summed E-state index contributed by atoms with van der Waals surface area (Å²) in [5.74, 6) is 0.0621. The minimum atomic E-state index is -0.476. The van der Waals surface area contributed by atoms with Crippen LogP contribution in [0.5, 0.6) is 5.75 Å². The van der Waals surface area contributed by atoms with Gasteiger partial charge in [-0.25, -0.2) is 9.38 Å². The highest BCUT2D eigenvalue weighted by atomic mass is 35.5. The number of halogens is 2. The van der Waals surface area contributed by atoms with Crippen LogP contribution in [0, 0.1) is 5.82 Å². The molecule has 0 heterocycles. The van der Waals surface area contributed by atoms with Gasteiger partial charge in [0.05, 0.1) is 18.2 Å². The maximum Gasteiger partial charge on any atom is 0.167 e. The molecule has 2 N–H and O–H groups in total. The number of alkyl halides is 1. The SMILES string of the molecule is COCCCOc1ccc(N=C(N)CCl)cc1F. The fourth-order valence-electron chi connectivity index (χ4n) is 1.26. The van der Waals surface area contributed by atoms with Crippen LogP contribution in [0.4, 0.5) is 10.1 Å². The average Bonchev–Trinajstić information content (AvgIpc) is 2.36. The standard InChI is InChI=1S/C12H16ClFN2O2/c1-17-5-2-6-18-11-4-3-9(7-10(11)14)16-12(15)8-13/h3-4,7H,2,5-6,8H2,1H3,(H2,15,16). The molecule has 100 valence electrons. The maximum atomic E-state index is 13.6. The van der Waals surface area contributed by atoms with E-state index in [9.17, 15) is 4.39 Å². The van der Waals surface area contributed by atoms with Crippen LogP contribution in [0.3, 0.4) is 0 Å². The third-order valence-electron chi connectivity index (χ3n) is 2.08. The molecule has 0 saturated carbocycles. The van der Waals surface area contributed by atoms with Crippen LogP contribution in [0.1, 0.15) is 6.42 Å². The van der Waals surface area contributed by atoms with Gasteiger partial charge >= 0.3 is 0 Å². The van der Waals surface area contributed by atoms with Gasteiger partial charge in [-0.1, -0.05) is 0 Å². The number of nitrogens with zero attached hydrogens (tertiary/aromatic N) is 1. The Kier molecular flexibility index (Phi) is 6.46. The Hall–Kier alpha value is -1.33. The van der Waals surface area contributed by atoms with Gasteiger partial charge < -0.3 is 15.2 Å². The Balaban J connectivity index is 2.62. The zero-order chi connectivity index (χ0) is 13.4. The normalized spacial score (nSPS) is 11.6. The predicted molar refractivity (Wildman–Crippen MR) is 70.4 cm³/mol. The number of amidine groups is 1. The summed E-state index contributed by atoms with van der Waals surface area (Å²) < 4.78 is 23.7. The summed E-state index contributed by atoms with van der Waals surface area (Å²) in [5, 5.41) is 0. The monoisotopic (exact) mass is 274 g/mol. The largest absolute Gasteiger partial charge is 0.490 e. The molecule has 0 spiro atoms. The van der Waals surface area contributed by atoms with Crippen molar-refractivity contribution in [3.05, 3.63) is 24.0 Å². The van der Waals surface area contributed by atoms with Gasteiger partial charge in [-0.3, -0.25) is 0 Å². The van der Waals surface area contributed by atoms with Gasteiger partial charge in [-0.05, 0) is 12.1 Å². The van der Waals surface area contributed by atoms with Crippen LogP contribution in [0.15, 0.2) is 23.2 Å². The van der Waals surface area contributed by atoms with E-state index in [0.29, 0.717) is 25.3 Å². The molecule has 0 fully saturated rings. The highest BCUT2D eigenvalue weighted by molar-refractivity contribution is 6.28. The molecule has 0 aliphatic carbocycles. The van der Waals surface area contributed by atoms with Gasteiger partial charge in [-0.2, -0.15) is 0 Å².